The van der Waals surface area contributed by atoms with E-state index in [4.69, 9.17) is 5.26 Å². The van der Waals surface area contributed by atoms with Crippen molar-refractivity contribution in [3.8, 4) is 6.07 Å². The van der Waals surface area contributed by atoms with Crippen LogP contribution < -0.4 is 5.32 Å². The summed E-state index contributed by atoms with van der Waals surface area (Å²) in [6.07, 6.45) is 3.43. The zero-order valence-electron chi connectivity index (χ0n) is 12.3. The SMILES string of the molecule is N#CCNC(=O)C1C2C[C@@H]2CC[C@H]1CSc1ccc(F)cc1. The topological polar surface area (TPSA) is 52.9 Å². The predicted molar refractivity (Wildman–Crippen MR) is 83.6 cm³/mol. The Hall–Kier alpha value is -1.54. The van der Waals surface area contributed by atoms with E-state index in [0.29, 0.717) is 17.8 Å². The second kappa shape index (κ2) is 6.70. The van der Waals surface area contributed by atoms with Gasteiger partial charge in [-0.3, -0.25) is 4.79 Å². The van der Waals surface area contributed by atoms with E-state index in [1.807, 2.05) is 6.07 Å². The summed E-state index contributed by atoms with van der Waals surface area (Å²) in [4.78, 5) is 13.4. The Morgan fingerprint density at radius 1 is 1.36 bits per heavy atom. The number of thioether (sulfide) groups is 1. The van der Waals surface area contributed by atoms with Gasteiger partial charge in [-0.2, -0.15) is 5.26 Å². The van der Waals surface area contributed by atoms with E-state index in [9.17, 15) is 9.18 Å². The largest absolute Gasteiger partial charge is 0.343 e. The fourth-order valence-corrected chi connectivity index (χ4v) is 4.68. The van der Waals surface area contributed by atoms with Crippen LogP contribution in [0.4, 0.5) is 4.39 Å². The highest BCUT2D eigenvalue weighted by Crippen LogP contribution is 2.55. The quantitative estimate of drug-likeness (QED) is 0.670. The molecule has 2 fully saturated rings. The average Bonchev–Trinajstić information content (AvgIpc) is 3.31. The molecule has 2 aliphatic carbocycles. The number of benzene rings is 1. The first kappa shape index (κ1) is 15.4. The zero-order valence-corrected chi connectivity index (χ0v) is 13.1. The zero-order chi connectivity index (χ0) is 15.5. The summed E-state index contributed by atoms with van der Waals surface area (Å²) < 4.78 is 12.9. The molecule has 0 aliphatic heterocycles. The van der Waals surface area contributed by atoms with Gasteiger partial charge >= 0.3 is 0 Å². The van der Waals surface area contributed by atoms with Crippen molar-refractivity contribution >= 4 is 17.7 Å². The van der Waals surface area contributed by atoms with Crippen LogP contribution in [0.1, 0.15) is 19.3 Å². The first-order valence-electron chi connectivity index (χ1n) is 7.72. The minimum Gasteiger partial charge on any atom is -0.343 e. The van der Waals surface area contributed by atoms with Crippen molar-refractivity contribution in [1.82, 2.24) is 5.32 Å². The lowest BCUT2D eigenvalue weighted by molar-refractivity contribution is -0.127. The molecule has 2 unspecified atom stereocenters. The van der Waals surface area contributed by atoms with Crippen LogP contribution in [0.25, 0.3) is 0 Å². The first-order chi connectivity index (χ1) is 10.7. The molecule has 0 aromatic heterocycles. The van der Waals surface area contributed by atoms with E-state index < -0.39 is 0 Å². The molecule has 0 radical (unpaired) electrons. The van der Waals surface area contributed by atoms with Gasteiger partial charge in [0.1, 0.15) is 12.4 Å². The van der Waals surface area contributed by atoms with Gasteiger partial charge in [0, 0.05) is 16.6 Å². The molecular formula is C17H19FN2OS. The van der Waals surface area contributed by atoms with Crippen LogP contribution in [0.5, 0.6) is 0 Å². The number of amides is 1. The minimum atomic E-state index is -0.225. The third-order valence-corrected chi connectivity index (χ3v) is 5.98. The van der Waals surface area contributed by atoms with Gasteiger partial charge in [0.15, 0.2) is 0 Å². The maximum atomic E-state index is 12.9. The molecule has 1 aromatic carbocycles. The Labute approximate surface area is 134 Å². The van der Waals surface area contributed by atoms with Gasteiger partial charge in [-0.1, -0.05) is 0 Å². The summed E-state index contributed by atoms with van der Waals surface area (Å²) in [7, 11) is 0. The number of nitrogens with zero attached hydrogens (tertiary/aromatic N) is 1. The van der Waals surface area contributed by atoms with Crippen molar-refractivity contribution in [2.75, 3.05) is 12.3 Å². The van der Waals surface area contributed by atoms with Gasteiger partial charge < -0.3 is 5.32 Å². The molecule has 2 saturated carbocycles. The van der Waals surface area contributed by atoms with E-state index in [1.165, 1.54) is 18.6 Å². The molecule has 1 amide bonds. The molecule has 0 bridgehead atoms. The van der Waals surface area contributed by atoms with Gasteiger partial charge in [-0.15, -0.1) is 11.8 Å². The van der Waals surface area contributed by atoms with Crippen molar-refractivity contribution in [1.29, 1.82) is 5.26 Å². The third kappa shape index (κ3) is 3.44. The van der Waals surface area contributed by atoms with E-state index in [2.05, 4.69) is 5.32 Å². The average molecular weight is 318 g/mol. The maximum absolute atomic E-state index is 12.9. The van der Waals surface area contributed by atoms with Crippen LogP contribution in [-0.4, -0.2) is 18.2 Å². The summed E-state index contributed by atoms with van der Waals surface area (Å²) in [5, 5.41) is 11.4. The Morgan fingerprint density at radius 3 is 2.86 bits per heavy atom. The normalized spacial score (nSPS) is 29.3. The van der Waals surface area contributed by atoms with Crippen molar-refractivity contribution in [2.24, 2.45) is 23.7 Å². The summed E-state index contributed by atoms with van der Waals surface area (Å²) in [6, 6.07) is 8.48. The van der Waals surface area contributed by atoms with Crippen molar-refractivity contribution in [3.05, 3.63) is 30.1 Å². The van der Waals surface area contributed by atoms with Crippen LogP contribution in [0.15, 0.2) is 29.2 Å². The van der Waals surface area contributed by atoms with E-state index in [-0.39, 0.29) is 24.2 Å². The van der Waals surface area contributed by atoms with Crippen LogP contribution in [0.2, 0.25) is 0 Å². The maximum Gasteiger partial charge on any atom is 0.224 e. The molecule has 1 N–H and O–H groups in total. The molecule has 1 aromatic rings. The van der Waals surface area contributed by atoms with Crippen LogP contribution >= 0.6 is 11.8 Å². The Kier molecular flexibility index (Phi) is 4.68. The molecular weight excluding hydrogens is 299 g/mol. The van der Waals surface area contributed by atoms with E-state index in [1.54, 1.807) is 23.9 Å². The van der Waals surface area contributed by atoms with Gasteiger partial charge in [0.25, 0.3) is 0 Å². The number of carbonyl (C=O) groups is 1. The lowest BCUT2D eigenvalue weighted by Crippen LogP contribution is -2.39. The van der Waals surface area contributed by atoms with Gasteiger partial charge in [0.2, 0.25) is 5.91 Å². The Morgan fingerprint density at radius 2 is 2.14 bits per heavy atom. The predicted octanol–water partition coefficient (Wildman–Crippen LogP) is 3.22. The second-order valence-corrected chi connectivity index (χ2v) is 7.26. The monoisotopic (exact) mass is 318 g/mol. The molecule has 3 nitrogen and oxygen atoms in total. The number of hydrogen-bond acceptors (Lipinski definition) is 3. The summed E-state index contributed by atoms with van der Waals surface area (Å²) in [5.74, 6) is 2.29. The Balaban J connectivity index is 1.61. The number of nitriles is 1. The fourth-order valence-electron chi connectivity index (χ4n) is 3.57. The highest BCUT2D eigenvalue weighted by molar-refractivity contribution is 7.99. The third-order valence-electron chi connectivity index (χ3n) is 4.78. The van der Waals surface area contributed by atoms with Gasteiger partial charge in [-0.25, -0.2) is 4.39 Å². The molecule has 22 heavy (non-hydrogen) atoms. The number of fused-ring (bicyclic) bond motifs is 1. The molecule has 0 saturated heterocycles. The molecule has 116 valence electrons. The molecule has 2 aliphatic rings. The molecule has 0 spiro atoms. The van der Waals surface area contributed by atoms with E-state index >= 15 is 0 Å². The molecule has 3 rings (SSSR count). The van der Waals surface area contributed by atoms with Crippen molar-refractivity contribution in [3.63, 3.8) is 0 Å². The molecule has 4 atom stereocenters. The first-order valence-corrected chi connectivity index (χ1v) is 8.70. The molecule has 5 heteroatoms. The highest BCUT2D eigenvalue weighted by atomic mass is 32.2. The number of rotatable bonds is 5. The van der Waals surface area contributed by atoms with Gasteiger partial charge in [-0.05, 0) is 61.3 Å². The summed E-state index contributed by atoms with van der Waals surface area (Å²) >= 11 is 1.69. The standard InChI is InChI=1S/C17H19FN2OS/c18-13-3-5-14(6-4-13)22-10-12-2-1-11-9-15(11)16(12)17(21)20-8-7-19/h3-6,11-12,15-16H,1-2,8-10H2,(H,20,21)/t11-,12-,15?,16?/m0/s1. The minimum absolute atomic E-state index is 0.0402. The fraction of sp³-hybridized carbons (Fsp3) is 0.529. The van der Waals surface area contributed by atoms with Crippen LogP contribution in [0.3, 0.4) is 0 Å². The van der Waals surface area contributed by atoms with E-state index in [0.717, 1.165) is 23.5 Å². The van der Waals surface area contributed by atoms with Crippen LogP contribution in [-0.2, 0) is 4.79 Å². The Bertz CT molecular complexity index is 583. The number of carbonyl (C=O) groups excluding carboxylic acids is 1. The number of hydrogen-bond donors (Lipinski definition) is 1. The number of halogens is 1. The molecule has 0 heterocycles. The summed E-state index contributed by atoms with van der Waals surface area (Å²) in [6.45, 7) is 0.0878. The van der Waals surface area contributed by atoms with Gasteiger partial charge in [0.05, 0.1) is 6.07 Å². The lowest BCUT2D eigenvalue weighted by atomic mass is 9.79. The number of nitrogens with one attached hydrogen (secondary N) is 1. The van der Waals surface area contributed by atoms with Crippen molar-refractivity contribution in [2.45, 2.75) is 24.2 Å². The second-order valence-electron chi connectivity index (χ2n) is 6.16. The van der Waals surface area contributed by atoms with Crippen molar-refractivity contribution < 1.29 is 9.18 Å². The highest BCUT2D eigenvalue weighted by Gasteiger charge is 2.51. The summed E-state index contributed by atoms with van der Waals surface area (Å²) in [5.41, 5.74) is 0. The smallest absolute Gasteiger partial charge is 0.224 e. The lowest BCUT2D eigenvalue weighted by Gasteiger charge is -2.30. The van der Waals surface area contributed by atoms with Crippen LogP contribution in [0, 0.1) is 40.8 Å².